The maximum atomic E-state index is 11.9. The summed E-state index contributed by atoms with van der Waals surface area (Å²) in [6, 6.07) is 12.9. The normalized spacial score (nSPS) is 14.3. The summed E-state index contributed by atoms with van der Waals surface area (Å²) in [5.74, 6) is -0.204. The van der Waals surface area contributed by atoms with Gasteiger partial charge < -0.3 is 19.8 Å². The summed E-state index contributed by atoms with van der Waals surface area (Å²) < 4.78 is 11.1. The highest BCUT2D eigenvalue weighted by Gasteiger charge is 2.19. The van der Waals surface area contributed by atoms with Gasteiger partial charge in [0, 0.05) is 24.3 Å². The molecule has 0 radical (unpaired) electrons. The standard InChI is InChI=1S/C20H18ClN3O3/c21-17-4-2-1-3-15(17)18-12-27-20(23-18)16-11-13(5-6-14(16)19(22)25)24-7-9-26-10-8-24/h1-6,11-12H,7-10H2,(H2,22,25). The Morgan fingerprint density at radius 1 is 1.11 bits per heavy atom. The fourth-order valence-corrected chi connectivity index (χ4v) is 3.36. The predicted octanol–water partition coefficient (Wildman–Crippen LogP) is 3.60. The molecule has 27 heavy (non-hydrogen) atoms. The molecule has 7 heteroatoms. The molecule has 1 amide bonds. The molecule has 3 aromatic rings. The summed E-state index contributed by atoms with van der Waals surface area (Å²) in [6.45, 7) is 2.91. The van der Waals surface area contributed by atoms with Crippen LogP contribution in [0.2, 0.25) is 5.02 Å². The first-order chi connectivity index (χ1) is 13.1. The van der Waals surface area contributed by atoms with Gasteiger partial charge >= 0.3 is 0 Å². The van der Waals surface area contributed by atoms with Gasteiger partial charge in [0.2, 0.25) is 11.8 Å². The number of primary amides is 1. The monoisotopic (exact) mass is 383 g/mol. The van der Waals surface area contributed by atoms with Gasteiger partial charge in [0.15, 0.2) is 0 Å². The smallest absolute Gasteiger partial charge is 0.249 e. The zero-order valence-corrected chi connectivity index (χ0v) is 15.3. The number of hydrogen-bond acceptors (Lipinski definition) is 5. The van der Waals surface area contributed by atoms with E-state index in [1.54, 1.807) is 12.1 Å². The highest BCUT2D eigenvalue weighted by Crippen LogP contribution is 2.32. The van der Waals surface area contributed by atoms with Crippen LogP contribution < -0.4 is 10.6 Å². The number of aromatic nitrogens is 1. The van der Waals surface area contributed by atoms with E-state index in [1.165, 1.54) is 6.26 Å². The van der Waals surface area contributed by atoms with Crippen molar-refractivity contribution in [2.24, 2.45) is 5.73 Å². The molecule has 4 rings (SSSR count). The van der Waals surface area contributed by atoms with Crippen LogP contribution in [-0.2, 0) is 4.74 Å². The van der Waals surface area contributed by atoms with Gasteiger partial charge in [-0.05, 0) is 24.3 Å². The molecular weight excluding hydrogens is 366 g/mol. The van der Waals surface area contributed by atoms with E-state index in [0.29, 0.717) is 40.9 Å². The highest BCUT2D eigenvalue weighted by molar-refractivity contribution is 6.33. The number of oxazole rings is 1. The Labute approximate surface area is 161 Å². The molecule has 0 aliphatic carbocycles. The molecule has 1 aliphatic heterocycles. The van der Waals surface area contributed by atoms with E-state index in [-0.39, 0.29) is 0 Å². The minimum absolute atomic E-state index is 0.328. The van der Waals surface area contributed by atoms with Gasteiger partial charge in [-0.25, -0.2) is 4.98 Å². The van der Waals surface area contributed by atoms with E-state index in [0.717, 1.165) is 24.3 Å². The first-order valence-corrected chi connectivity index (χ1v) is 8.98. The maximum Gasteiger partial charge on any atom is 0.249 e. The fraction of sp³-hybridized carbons (Fsp3) is 0.200. The van der Waals surface area contributed by atoms with Crippen molar-refractivity contribution in [3.05, 3.63) is 59.3 Å². The van der Waals surface area contributed by atoms with E-state index in [2.05, 4.69) is 9.88 Å². The van der Waals surface area contributed by atoms with Crippen molar-refractivity contribution in [2.75, 3.05) is 31.2 Å². The molecule has 2 heterocycles. The number of amides is 1. The predicted molar refractivity (Wildman–Crippen MR) is 104 cm³/mol. The number of rotatable bonds is 4. The average Bonchev–Trinajstić information content (AvgIpc) is 3.18. The van der Waals surface area contributed by atoms with Crippen LogP contribution in [0, 0.1) is 0 Å². The fourth-order valence-electron chi connectivity index (χ4n) is 3.13. The molecule has 0 unspecified atom stereocenters. The van der Waals surface area contributed by atoms with Crippen molar-refractivity contribution in [3.63, 3.8) is 0 Å². The van der Waals surface area contributed by atoms with E-state index in [9.17, 15) is 4.79 Å². The van der Waals surface area contributed by atoms with E-state index < -0.39 is 5.91 Å². The van der Waals surface area contributed by atoms with Gasteiger partial charge in [-0.15, -0.1) is 0 Å². The largest absolute Gasteiger partial charge is 0.444 e. The topological polar surface area (TPSA) is 81.6 Å². The molecule has 1 fully saturated rings. The van der Waals surface area contributed by atoms with Crippen LogP contribution in [0.1, 0.15) is 10.4 Å². The van der Waals surface area contributed by atoms with Gasteiger partial charge in [-0.3, -0.25) is 4.79 Å². The van der Waals surface area contributed by atoms with E-state index in [4.69, 9.17) is 26.5 Å². The number of morpholine rings is 1. The number of carbonyl (C=O) groups excluding carboxylic acids is 1. The Balaban J connectivity index is 1.75. The van der Waals surface area contributed by atoms with Crippen LogP contribution in [0.25, 0.3) is 22.7 Å². The molecule has 1 aliphatic rings. The van der Waals surface area contributed by atoms with Crippen LogP contribution in [0.3, 0.4) is 0 Å². The average molecular weight is 384 g/mol. The first-order valence-electron chi connectivity index (χ1n) is 8.61. The zero-order valence-electron chi connectivity index (χ0n) is 14.5. The van der Waals surface area contributed by atoms with Gasteiger partial charge in [0.1, 0.15) is 12.0 Å². The highest BCUT2D eigenvalue weighted by atomic mass is 35.5. The molecule has 0 bridgehead atoms. The molecule has 6 nitrogen and oxygen atoms in total. The first kappa shape index (κ1) is 17.6. The van der Waals surface area contributed by atoms with E-state index in [1.807, 2.05) is 30.3 Å². The number of nitrogens with two attached hydrogens (primary N) is 1. The Kier molecular flexibility index (Phi) is 4.83. The number of anilines is 1. The van der Waals surface area contributed by atoms with E-state index >= 15 is 0 Å². The maximum absolute atomic E-state index is 11.9. The van der Waals surface area contributed by atoms with Gasteiger partial charge in [-0.1, -0.05) is 29.8 Å². The Morgan fingerprint density at radius 3 is 2.63 bits per heavy atom. The summed E-state index contributed by atoms with van der Waals surface area (Å²) in [5.41, 5.74) is 8.81. The van der Waals surface area contributed by atoms with Crippen molar-refractivity contribution in [2.45, 2.75) is 0 Å². The van der Waals surface area contributed by atoms with Crippen molar-refractivity contribution < 1.29 is 13.9 Å². The molecule has 1 aromatic heterocycles. The molecular formula is C20H18ClN3O3. The lowest BCUT2D eigenvalue weighted by Gasteiger charge is -2.29. The third kappa shape index (κ3) is 3.54. The van der Waals surface area contributed by atoms with Crippen molar-refractivity contribution in [1.82, 2.24) is 4.98 Å². The van der Waals surface area contributed by atoms with Crippen molar-refractivity contribution in [3.8, 4) is 22.7 Å². The quantitative estimate of drug-likeness (QED) is 0.744. The second-order valence-corrected chi connectivity index (χ2v) is 6.62. The second kappa shape index (κ2) is 7.42. The summed E-state index contributed by atoms with van der Waals surface area (Å²) >= 11 is 6.25. The lowest BCUT2D eigenvalue weighted by atomic mass is 10.0. The number of ether oxygens (including phenoxy) is 1. The number of carbonyl (C=O) groups is 1. The number of nitrogens with zero attached hydrogens (tertiary/aromatic N) is 2. The summed E-state index contributed by atoms with van der Waals surface area (Å²) in [7, 11) is 0. The molecule has 0 saturated carbocycles. The molecule has 2 N–H and O–H groups in total. The van der Waals surface area contributed by atoms with Gasteiger partial charge in [-0.2, -0.15) is 0 Å². The summed E-state index contributed by atoms with van der Waals surface area (Å²) in [6.07, 6.45) is 1.53. The van der Waals surface area contributed by atoms with Crippen LogP contribution >= 0.6 is 11.6 Å². The van der Waals surface area contributed by atoms with Crippen LogP contribution in [0.15, 0.2) is 53.1 Å². The summed E-state index contributed by atoms with van der Waals surface area (Å²) in [5, 5.41) is 0.578. The molecule has 0 atom stereocenters. The third-order valence-electron chi connectivity index (χ3n) is 4.53. The second-order valence-electron chi connectivity index (χ2n) is 6.21. The Hall–Kier alpha value is -2.83. The van der Waals surface area contributed by atoms with Crippen molar-refractivity contribution in [1.29, 1.82) is 0 Å². The SMILES string of the molecule is NC(=O)c1ccc(N2CCOCC2)cc1-c1nc(-c2ccccc2Cl)co1. The Bertz CT molecular complexity index is 980. The van der Waals surface area contributed by atoms with Crippen LogP contribution in [-0.4, -0.2) is 37.2 Å². The number of hydrogen-bond donors (Lipinski definition) is 1. The molecule has 1 saturated heterocycles. The third-order valence-corrected chi connectivity index (χ3v) is 4.86. The lowest BCUT2D eigenvalue weighted by molar-refractivity contribution is 0.100. The minimum Gasteiger partial charge on any atom is -0.444 e. The minimum atomic E-state index is -0.531. The number of halogens is 1. The van der Waals surface area contributed by atoms with Gasteiger partial charge in [0.05, 0.1) is 29.4 Å². The van der Waals surface area contributed by atoms with Crippen LogP contribution in [0.4, 0.5) is 5.69 Å². The van der Waals surface area contributed by atoms with Crippen molar-refractivity contribution >= 4 is 23.2 Å². The molecule has 2 aromatic carbocycles. The Morgan fingerprint density at radius 2 is 1.89 bits per heavy atom. The lowest BCUT2D eigenvalue weighted by Crippen LogP contribution is -2.36. The number of benzene rings is 2. The van der Waals surface area contributed by atoms with Gasteiger partial charge in [0.25, 0.3) is 0 Å². The molecule has 0 spiro atoms. The summed E-state index contributed by atoms with van der Waals surface area (Å²) in [4.78, 5) is 18.6. The van der Waals surface area contributed by atoms with Crippen LogP contribution in [0.5, 0.6) is 0 Å². The zero-order chi connectivity index (χ0) is 18.8. The molecule has 138 valence electrons.